The molecule has 0 spiro atoms. The van der Waals surface area contributed by atoms with Crippen LogP contribution in [-0.2, 0) is 18.6 Å². The predicted octanol–water partition coefficient (Wildman–Crippen LogP) is 5.88. The van der Waals surface area contributed by atoms with Gasteiger partial charge in [-0.1, -0.05) is 63.2 Å². The van der Waals surface area contributed by atoms with Gasteiger partial charge in [-0.25, -0.2) is 0 Å². The molecule has 3 aromatic rings. The van der Waals surface area contributed by atoms with E-state index in [-0.39, 0.29) is 11.2 Å². The minimum atomic E-state index is 0.148. The van der Waals surface area contributed by atoms with Gasteiger partial charge in [0.25, 0.3) is 0 Å². The predicted molar refractivity (Wildman–Crippen MR) is 111 cm³/mol. The lowest BCUT2D eigenvalue weighted by molar-refractivity contribution is 0.304. The summed E-state index contributed by atoms with van der Waals surface area (Å²) < 4.78 is 5.84. The number of aromatic hydroxyl groups is 1. The van der Waals surface area contributed by atoms with Gasteiger partial charge in [0, 0.05) is 23.9 Å². The highest BCUT2D eigenvalue weighted by molar-refractivity contribution is 5.46. The molecule has 3 aromatic carbocycles. The molecular formula is C24H27NO2. The van der Waals surface area contributed by atoms with Crippen molar-refractivity contribution in [2.45, 2.75) is 39.3 Å². The summed E-state index contributed by atoms with van der Waals surface area (Å²) in [6.07, 6.45) is 0. The highest BCUT2D eigenvalue weighted by Gasteiger charge is 2.12. The highest BCUT2D eigenvalue weighted by Crippen LogP contribution is 2.26. The van der Waals surface area contributed by atoms with E-state index in [1.54, 1.807) is 6.07 Å². The van der Waals surface area contributed by atoms with Crippen molar-refractivity contribution in [1.29, 1.82) is 0 Å². The number of anilines is 1. The van der Waals surface area contributed by atoms with Gasteiger partial charge in [-0.05, 0) is 40.8 Å². The number of phenols is 1. The molecule has 0 aliphatic carbocycles. The van der Waals surface area contributed by atoms with Crippen LogP contribution in [0.1, 0.15) is 37.5 Å². The second-order valence-electron chi connectivity index (χ2n) is 7.75. The highest BCUT2D eigenvalue weighted by atomic mass is 16.5. The van der Waals surface area contributed by atoms with Gasteiger partial charge in [0.1, 0.15) is 18.1 Å². The van der Waals surface area contributed by atoms with Gasteiger partial charge in [0.05, 0.1) is 0 Å². The molecule has 0 amide bonds. The van der Waals surface area contributed by atoms with Gasteiger partial charge < -0.3 is 15.2 Å². The van der Waals surface area contributed by atoms with Crippen LogP contribution in [0.4, 0.5) is 5.69 Å². The van der Waals surface area contributed by atoms with Gasteiger partial charge in [0.2, 0.25) is 0 Å². The summed E-state index contributed by atoms with van der Waals surface area (Å²) in [6, 6.07) is 23.9. The standard InChI is InChI=1S/C24H27NO2/c1-24(2,3)20-12-9-18(10-13-20)17-27-22-14-11-19(23(26)15-22)16-25-21-7-5-4-6-8-21/h4-15,25-26H,16-17H2,1-3H3. The molecule has 0 saturated heterocycles. The summed E-state index contributed by atoms with van der Waals surface area (Å²) in [7, 11) is 0. The van der Waals surface area contributed by atoms with E-state index in [0.717, 1.165) is 16.8 Å². The Kier molecular flexibility index (Phi) is 5.70. The Morgan fingerprint density at radius 2 is 1.59 bits per heavy atom. The first-order valence-electron chi connectivity index (χ1n) is 9.25. The van der Waals surface area contributed by atoms with E-state index >= 15 is 0 Å². The number of para-hydroxylation sites is 1. The topological polar surface area (TPSA) is 41.5 Å². The maximum Gasteiger partial charge on any atom is 0.124 e. The van der Waals surface area contributed by atoms with Gasteiger partial charge in [-0.15, -0.1) is 0 Å². The molecule has 3 rings (SSSR count). The van der Waals surface area contributed by atoms with Gasteiger partial charge in [-0.3, -0.25) is 0 Å². The van der Waals surface area contributed by atoms with E-state index in [1.807, 2.05) is 42.5 Å². The summed E-state index contributed by atoms with van der Waals surface area (Å²) in [5, 5.41) is 13.6. The van der Waals surface area contributed by atoms with Gasteiger partial charge >= 0.3 is 0 Å². The molecule has 0 fully saturated rings. The van der Waals surface area contributed by atoms with Crippen molar-refractivity contribution in [3.05, 3.63) is 89.5 Å². The van der Waals surface area contributed by atoms with Crippen LogP contribution in [-0.4, -0.2) is 5.11 Å². The van der Waals surface area contributed by atoms with Crippen LogP contribution in [0.15, 0.2) is 72.8 Å². The number of benzene rings is 3. The van der Waals surface area contributed by atoms with Crippen molar-refractivity contribution in [2.24, 2.45) is 0 Å². The van der Waals surface area contributed by atoms with Crippen molar-refractivity contribution >= 4 is 5.69 Å². The zero-order valence-corrected chi connectivity index (χ0v) is 16.2. The van der Waals surface area contributed by atoms with E-state index in [9.17, 15) is 5.11 Å². The first-order valence-corrected chi connectivity index (χ1v) is 9.25. The van der Waals surface area contributed by atoms with Crippen molar-refractivity contribution in [1.82, 2.24) is 0 Å². The third-order valence-electron chi connectivity index (χ3n) is 4.54. The fraction of sp³-hybridized carbons (Fsp3) is 0.250. The van der Waals surface area contributed by atoms with Crippen LogP contribution in [0.25, 0.3) is 0 Å². The number of hydrogen-bond donors (Lipinski definition) is 2. The number of ether oxygens (including phenoxy) is 1. The Labute approximate surface area is 161 Å². The Morgan fingerprint density at radius 1 is 0.889 bits per heavy atom. The number of phenolic OH excluding ortho intramolecular Hbond substituents is 1. The lowest BCUT2D eigenvalue weighted by Gasteiger charge is -2.19. The monoisotopic (exact) mass is 361 g/mol. The Balaban J connectivity index is 1.57. The zero-order chi connectivity index (χ0) is 19.3. The molecule has 0 heterocycles. The smallest absolute Gasteiger partial charge is 0.124 e. The molecule has 0 unspecified atom stereocenters. The third kappa shape index (κ3) is 5.27. The molecule has 0 radical (unpaired) electrons. The average Bonchev–Trinajstić information content (AvgIpc) is 2.66. The number of nitrogens with one attached hydrogen (secondary N) is 1. The van der Waals surface area contributed by atoms with Crippen LogP contribution in [0, 0.1) is 0 Å². The molecule has 0 saturated carbocycles. The Bertz CT molecular complexity index is 865. The summed E-state index contributed by atoms with van der Waals surface area (Å²) in [5.74, 6) is 0.898. The number of hydrogen-bond acceptors (Lipinski definition) is 3. The van der Waals surface area contributed by atoms with Crippen molar-refractivity contribution in [3.8, 4) is 11.5 Å². The lowest BCUT2D eigenvalue weighted by Crippen LogP contribution is -2.10. The summed E-state index contributed by atoms with van der Waals surface area (Å²) in [6.45, 7) is 7.65. The molecule has 0 atom stereocenters. The van der Waals surface area contributed by atoms with Gasteiger partial charge in [-0.2, -0.15) is 0 Å². The summed E-state index contributed by atoms with van der Waals surface area (Å²) in [4.78, 5) is 0. The van der Waals surface area contributed by atoms with E-state index in [1.165, 1.54) is 5.56 Å². The van der Waals surface area contributed by atoms with Crippen molar-refractivity contribution in [3.63, 3.8) is 0 Å². The van der Waals surface area contributed by atoms with Crippen LogP contribution in [0.5, 0.6) is 11.5 Å². The molecule has 0 aromatic heterocycles. The first-order chi connectivity index (χ1) is 12.9. The molecule has 3 nitrogen and oxygen atoms in total. The largest absolute Gasteiger partial charge is 0.507 e. The van der Waals surface area contributed by atoms with E-state index < -0.39 is 0 Å². The van der Waals surface area contributed by atoms with Crippen molar-refractivity contribution < 1.29 is 9.84 Å². The molecule has 3 heteroatoms. The molecule has 27 heavy (non-hydrogen) atoms. The SMILES string of the molecule is CC(C)(C)c1ccc(COc2ccc(CNc3ccccc3)c(O)c2)cc1. The Morgan fingerprint density at radius 3 is 2.22 bits per heavy atom. The minimum absolute atomic E-state index is 0.148. The molecular weight excluding hydrogens is 334 g/mol. The maximum atomic E-state index is 10.3. The molecule has 0 bridgehead atoms. The second-order valence-corrected chi connectivity index (χ2v) is 7.75. The fourth-order valence-corrected chi connectivity index (χ4v) is 2.80. The quantitative estimate of drug-likeness (QED) is 0.576. The molecule has 140 valence electrons. The summed E-state index contributed by atoms with van der Waals surface area (Å²) >= 11 is 0. The van der Waals surface area contributed by atoms with Crippen LogP contribution >= 0.6 is 0 Å². The Hall–Kier alpha value is -2.94. The van der Waals surface area contributed by atoms with Crippen LogP contribution in [0.2, 0.25) is 0 Å². The van der Waals surface area contributed by atoms with E-state index in [0.29, 0.717) is 18.9 Å². The fourth-order valence-electron chi connectivity index (χ4n) is 2.80. The lowest BCUT2D eigenvalue weighted by atomic mass is 9.87. The van der Waals surface area contributed by atoms with E-state index in [2.05, 4.69) is 50.4 Å². The molecule has 0 aliphatic heterocycles. The van der Waals surface area contributed by atoms with Gasteiger partial charge in [0.15, 0.2) is 0 Å². The van der Waals surface area contributed by atoms with Crippen LogP contribution in [0.3, 0.4) is 0 Å². The van der Waals surface area contributed by atoms with Crippen LogP contribution < -0.4 is 10.1 Å². The zero-order valence-electron chi connectivity index (χ0n) is 16.2. The second kappa shape index (κ2) is 8.17. The van der Waals surface area contributed by atoms with Crippen molar-refractivity contribution in [2.75, 3.05) is 5.32 Å². The van der Waals surface area contributed by atoms with E-state index in [4.69, 9.17) is 4.74 Å². The minimum Gasteiger partial charge on any atom is -0.507 e. The summed E-state index contributed by atoms with van der Waals surface area (Å²) in [5.41, 5.74) is 4.42. The average molecular weight is 361 g/mol. The maximum absolute atomic E-state index is 10.3. The normalized spacial score (nSPS) is 11.2. The number of rotatable bonds is 6. The first kappa shape index (κ1) is 18.8. The molecule has 2 N–H and O–H groups in total. The molecule has 0 aliphatic rings. The third-order valence-corrected chi connectivity index (χ3v) is 4.54.